The van der Waals surface area contributed by atoms with Crippen LogP contribution in [0.2, 0.25) is 0 Å². The lowest BCUT2D eigenvalue weighted by atomic mass is 9.79. The van der Waals surface area contributed by atoms with Gasteiger partial charge in [0, 0.05) is 0 Å². The molecule has 0 heterocycles. The highest BCUT2D eigenvalue weighted by molar-refractivity contribution is 5.40. The van der Waals surface area contributed by atoms with Crippen molar-refractivity contribution in [1.82, 2.24) is 0 Å². The number of hydrogen-bond acceptors (Lipinski definition) is 3. The fourth-order valence-electron chi connectivity index (χ4n) is 3.01. The van der Waals surface area contributed by atoms with Crippen molar-refractivity contribution in [2.75, 3.05) is 13.7 Å². The van der Waals surface area contributed by atoms with E-state index >= 15 is 0 Å². The average molecular weight is 263 g/mol. The summed E-state index contributed by atoms with van der Waals surface area (Å²) in [5.74, 6) is 7.64. The van der Waals surface area contributed by atoms with E-state index in [1.807, 2.05) is 0 Å². The summed E-state index contributed by atoms with van der Waals surface area (Å²) in [4.78, 5) is 4.67. The van der Waals surface area contributed by atoms with E-state index in [2.05, 4.69) is 30.0 Å². The molecule has 1 aliphatic carbocycles. The van der Waals surface area contributed by atoms with Crippen molar-refractivity contribution in [3.8, 4) is 5.75 Å². The van der Waals surface area contributed by atoms with Crippen LogP contribution in [0.1, 0.15) is 49.7 Å². The summed E-state index contributed by atoms with van der Waals surface area (Å²) in [5.41, 5.74) is 2.64. The van der Waals surface area contributed by atoms with E-state index in [0.29, 0.717) is 12.5 Å². The van der Waals surface area contributed by atoms with Gasteiger partial charge < -0.3 is 9.57 Å². The Morgan fingerprint density at radius 1 is 1.21 bits per heavy atom. The number of nitrogens with two attached hydrogens (primary N) is 1. The molecule has 0 unspecified atom stereocenters. The predicted octanol–water partition coefficient (Wildman–Crippen LogP) is 3.42. The Morgan fingerprint density at radius 3 is 2.58 bits per heavy atom. The van der Waals surface area contributed by atoms with E-state index in [-0.39, 0.29) is 0 Å². The Kier molecular flexibility index (Phi) is 5.23. The van der Waals surface area contributed by atoms with E-state index in [1.165, 1.54) is 36.8 Å². The van der Waals surface area contributed by atoms with Gasteiger partial charge in [0.15, 0.2) is 0 Å². The van der Waals surface area contributed by atoms with E-state index in [9.17, 15) is 0 Å². The molecular weight excluding hydrogens is 238 g/mol. The molecule has 0 bridgehead atoms. The predicted molar refractivity (Wildman–Crippen MR) is 77.2 cm³/mol. The average Bonchev–Trinajstić information content (AvgIpc) is 2.45. The van der Waals surface area contributed by atoms with Crippen LogP contribution >= 0.6 is 0 Å². The third kappa shape index (κ3) is 3.71. The molecule has 3 heteroatoms. The Morgan fingerprint density at radius 2 is 1.95 bits per heavy atom. The third-order valence-corrected chi connectivity index (χ3v) is 4.26. The maximum atomic E-state index is 5.53. The maximum Gasteiger partial charge on any atom is 0.122 e. The standard InChI is InChI=1S/C16H25NO2/c1-12-3-6-14(7-4-12)15-11-13(9-10-19-17)5-8-16(15)18-2/h5,8,11-12,14H,3-4,6-7,9-10,17H2,1-2H3. The zero-order chi connectivity index (χ0) is 13.7. The number of methoxy groups -OCH3 is 1. The molecule has 1 saturated carbocycles. The fourth-order valence-corrected chi connectivity index (χ4v) is 3.01. The summed E-state index contributed by atoms with van der Waals surface area (Å²) < 4.78 is 5.53. The fraction of sp³-hybridized carbons (Fsp3) is 0.625. The summed E-state index contributed by atoms with van der Waals surface area (Å²) in [6.45, 7) is 2.91. The van der Waals surface area contributed by atoms with Gasteiger partial charge in [-0.15, -0.1) is 0 Å². The van der Waals surface area contributed by atoms with Gasteiger partial charge >= 0.3 is 0 Å². The molecule has 1 aliphatic rings. The molecule has 0 atom stereocenters. The first-order valence-electron chi connectivity index (χ1n) is 7.23. The highest BCUT2D eigenvalue weighted by atomic mass is 16.6. The van der Waals surface area contributed by atoms with Crippen LogP contribution in [0.15, 0.2) is 18.2 Å². The van der Waals surface area contributed by atoms with Crippen LogP contribution in [-0.4, -0.2) is 13.7 Å². The Labute approximate surface area is 116 Å². The number of hydrogen-bond donors (Lipinski definition) is 1. The molecule has 0 radical (unpaired) electrons. The van der Waals surface area contributed by atoms with Gasteiger partial charge in [0.2, 0.25) is 0 Å². The topological polar surface area (TPSA) is 44.5 Å². The minimum Gasteiger partial charge on any atom is -0.496 e. The molecule has 1 fully saturated rings. The van der Waals surface area contributed by atoms with Crippen molar-refractivity contribution in [1.29, 1.82) is 0 Å². The van der Waals surface area contributed by atoms with Gasteiger partial charge in [0.1, 0.15) is 5.75 Å². The molecular formula is C16H25NO2. The highest BCUT2D eigenvalue weighted by Crippen LogP contribution is 2.39. The van der Waals surface area contributed by atoms with Crippen LogP contribution in [0.5, 0.6) is 5.75 Å². The van der Waals surface area contributed by atoms with Gasteiger partial charge in [0.25, 0.3) is 0 Å². The minimum atomic E-state index is 0.563. The molecule has 2 rings (SSSR count). The summed E-state index contributed by atoms with van der Waals surface area (Å²) in [5, 5.41) is 0. The first-order chi connectivity index (χ1) is 9.24. The van der Waals surface area contributed by atoms with Crippen molar-refractivity contribution < 1.29 is 9.57 Å². The zero-order valence-electron chi connectivity index (χ0n) is 12.0. The Bertz CT molecular complexity index is 398. The van der Waals surface area contributed by atoms with Crippen molar-refractivity contribution in [3.63, 3.8) is 0 Å². The van der Waals surface area contributed by atoms with Crippen LogP contribution in [0.3, 0.4) is 0 Å². The molecule has 3 nitrogen and oxygen atoms in total. The second-order valence-electron chi connectivity index (χ2n) is 5.65. The second kappa shape index (κ2) is 6.92. The van der Waals surface area contributed by atoms with Crippen LogP contribution in [-0.2, 0) is 11.3 Å². The lowest BCUT2D eigenvalue weighted by molar-refractivity contribution is 0.141. The van der Waals surface area contributed by atoms with Gasteiger partial charge in [-0.05, 0) is 48.3 Å². The molecule has 0 aromatic heterocycles. The lowest BCUT2D eigenvalue weighted by Crippen LogP contribution is -2.12. The van der Waals surface area contributed by atoms with E-state index < -0.39 is 0 Å². The van der Waals surface area contributed by atoms with Gasteiger partial charge in [-0.2, -0.15) is 0 Å². The Balaban J connectivity index is 2.15. The molecule has 0 aliphatic heterocycles. The van der Waals surface area contributed by atoms with Crippen LogP contribution < -0.4 is 10.6 Å². The molecule has 1 aromatic rings. The normalized spacial score (nSPS) is 23.3. The smallest absolute Gasteiger partial charge is 0.122 e. The van der Waals surface area contributed by atoms with Crippen molar-refractivity contribution >= 4 is 0 Å². The summed E-state index contributed by atoms with van der Waals surface area (Å²) in [6.07, 6.45) is 6.05. The Hall–Kier alpha value is -1.06. The number of benzene rings is 1. The zero-order valence-corrected chi connectivity index (χ0v) is 12.0. The summed E-state index contributed by atoms with van der Waals surface area (Å²) in [6, 6.07) is 6.46. The van der Waals surface area contributed by atoms with Gasteiger partial charge in [0.05, 0.1) is 13.7 Å². The van der Waals surface area contributed by atoms with Crippen LogP contribution in [0.25, 0.3) is 0 Å². The molecule has 0 spiro atoms. The monoisotopic (exact) mass is 263 g/mol. The lowest BCUT2D eigenvalue weighted by Gasteiger charge is -2.28. The van der Waals surface area contributed by atoms with Gasteiger partial charge in [-0.1, -0.05) is 31.9 Å². The van der Waals surface area contributed by atoms with Crippen molar-refractivity contribution in [2.45, 2.75) is 44.9 Å². The molecule has 19 heavy (non-hydrogen) atoms. The minimum absolute atomic E-state index is 0.563. The molecule has 0 amide bonds. The third-order valence-electron chi connectivity index (χ3n) is 4.26. The van der Waals surface area contributed by atoms with Crippen LogP contribution in [0, 0.1) is 5.92 Å². The number of rotatable bonds is 5. The van der Waals surface area contributed by atoms with E-state index in [1.54, 1.807) is 7.11 Å². The van der Waals surface area contributed by atoms with Crippen molar-refractivity contribution in [2.24, 2.45) is 11.8 Å². The molecule has 0 saturated heterocycles. The summed E-state index contributed by atoms with van der Waals surface area (Å²) in [7, 11) is 1.76. The SMILES string of the molecule is COc1ccc(CCON)cc1C1CCC(C)CC1. The van der Waals surface area contributed by atoms with Gasteiger partial charge in [-0.3, -0.25) is 0 Å². The molecule has 1 aromatic carbocycles. The first kappa shape index (κ1) is 14.4. The van der Waals surface area contributed by atoms with E-state index in [4.69, 9.17) is 10.6 Å². The molecule has 2 N–H and O–H groups in total. The van der Waals surface area contributed by atoms with Crippen molar-refractivity contribution in [3.05, 3.63) is 29.3 Å². The highest BCUT2D eigenvalue weighted by Gasteiger charge is 2.22. The van der Waals surface area contributed by atoms with Crippen LogP contribution in [0.4, 0.5) is 0 Å². The number of ether oxygens (including phenoxy) is 1. The quantitative estimate of drug-likeness (QED) is 0.828. The second-order valence-corrected chi connectivity index (χ2v) is 5.65. The first-order valence-corrected chi connectivity index (χ1v) is 7.23. The van der Waals surface area contributed by atoms with E-state index in [0.717, 1.165) is 18.1 Å². The largest absolute Gasteiger partial charge is 0.496 e. The molecule has 106 valence electrons. The van der Waals surface area contributed by atoms with Gasteiger partial charge in [-0.25, -0.2) is 5.90 Å². The summed E-state index contributed by atoms with van der Waals surface area (Å²) >= 11 is 0. The maximum absolute atomic E-state index is 5.53.